The molecule has 1 unspecified atom stereocenters. The molecule has 0 spiro atoms. The number of aromatic nitrogens is 1. The zero-order chi connectivity index (χ0) is 25.1. The summed E-state index contributed by atoms with van der Waals surface area (Å²) in [4.78, 5) is 43.8. The van der Waals surface area contributed by atoms with E-state index in [9.17, 15) is 28.3 Å². The van der Waals surface area contributed by atoms with E-state index in [4.69, 9.17) is 0 Å². The number of aromatic hydroxyl groups is 1. The van der Waals surface area contributed by atoms with E-state index in [1.165, 1.54) is 16.8 Å². The van der Waals surface area contributed by atoms with Crippen molar-refractivity contribution in [2.45, 2.75) is 69.9 Å². The van der Waals surface area contributed by atoms with Gasteiger partial charge in [-0.15, -0.1) is 0 Å². The van der Waals surface area contributed by atoms with Crippen molar-refractivity contribution in [2.75, 3.05) is 6.54 Å². The van der Waals surface area contributed by atoms with E-state index in [-0.39, 0.29) is 41.5 Å². The molecule has 3 fully saturated rings. The third-order valence-electron chi connectivity index (χ3n) is 8.14. The molecule has 4 aliphatic rings. The number of pyridine rings is 1. The van der Waals surface area contributed by atoms with Crippen molar-refractivity contribution in [3.63, 3.8) is 0 Å². The van der Waals surface area contributed by atoms with Crippen molar-refractivity contribution < 1.29 is 23.5 Å². The number of rotatable bonds is 4. The molecule has 6 rings (SSSR count). The second-order valence-electron chi connectivity index (χ2n) is 10.4. The summed E-state index contributed by atoms with van der Waals surface area (Å²) in [5, 5.41) is 13.3. The van der Waals surface area contributed by atoms with Gasteiger partial charge in [-0.05, 0) is 37.7 Å². The molecule has 1 aromatic heterocycles. The number of nitrogens with zero attached hydrogens (tertiary/aromatic N) is 3. The van der Waals surface area contributed by atoms with Crippen molar-refractivity contribution in [2.24, 2.45) is 5.92 Å². The summed E-state index contributed by atoms with van der Waals surface area (Å²) in [6.07, 6.45) is 7.48. The maximum atomic E-state index is 14.0. The molecule has 2 amide bonds. The quantitative estimate of drug-likeness (QED) is 0.676. The topological polar surface area (TPSA) is 94.9 Å². The summed E-state index contributed by atoms with van der Waals surface area (Å²) in [5.74, 6) is -3.08. The zero-order valence-corrected chi connectivity index (χ0v) is 19.8. The molecule has 0 radical (unpaired) electrons. The number of hydrogen-bond donors (Lipinski definition) is 2. The summed E-state index contributed by atoms with van der Waals surface area (Å²) >= 11 is 0. The third kappa shape index (κ3) is 3.78. The van der Waals surface area contributed by atoms with Crippen molar-refractivity contribution in [3.8, 4) is 5.75 Å². The second kappa shape index (κ2) is 8.69. The first-order valence-corrected chi connectivity index (χ1v) is 12.6. The van der Waals surface area contributed by atoms with Gasteiger partial charge in [0.1, 0.15) is 23.4 Å². The number of carbonyl (C=O) groups excluding carboxylic acids is 2. The lowest BCUT2D eigenvalue weighted by molar-refractivity contribution is -0.0772. The normalized spacial score (nSPS) is 25.7. The number of benzene rings is 1. The van der Waals surface area contributed by atoms with Gasteiger partial charge in [0.25, 0.3) is 11.8 Å². The smallest absolute Gasteiger partial charge is 0.276 e. The largest absolute Gasteiger partial charge is 0.503 e. The Morgan fingerprint density at radius 3 is 2.61 bits per heavy atom. The van der Waals surface area contributed by atoms with Crippen molar-refractivity contribution >= 4 is 11.8 Å². The van der Waals surface area contributed by atoms with Crippen LogP contribution in [0.25, 0.3) is 0 Å². The third-order valence-corrected chi connectivity index (χ3v) is 8.14. The molecule has 3 atom stereocenters. The average Bonchev–Trinajstić information content (AvgIpc) is 3.70. The molecule has 2 aromatic rings. The summed E-state index contributed by atoms with van der Waals surface area (Å²) in [6.45, 7) is 1.02. The number of nitrogens with one attached hydrogen (secondary N) is 1. The summed E-state index contributed by atoms with van der Waals surface area (Å²) in [7, 11) is 0. The van der Waals surface area contributed by atoms with E-state index < -0.39 is 28.7 Å². The van der Waals surface area contributed by atoms with Gasteiger partial charge in [-0.2, -0.15) is 0 Å². The summed E-state index contributed by atoms with van der Waals surface area (Å²) in [6, 6.07) is 3.52. The fourth-order valence-corrected chi connectivity index (χ4v) is 6.23. The van der Waals surface area contributed by atoms with Gasteiger partial charge in [-0.25, -0.2) is 8.78 Å². The predicted molar refractivity (Wildman–Crippen MR) is 125 cm³/mol. The maximum absolute atomic E-state index is 14.0. The Labute approximate surface area is 206 Å². The van der Waals surface area contributed by atoms with Crippen LogP contribution in [-0.4, -0.2) is 56.1 Å². The highest BCUT2D eigenvalue weighted by Crippen LogP contribution is 2.43. The number of amides is 2. The molecule has 36 heavy (non-hydrogen) atoms. The van der Waals surface area contributed by atoms with Gasteiger partial charge in [0.15, 0.2) is 11.4 Å². The van der Waals surface area contributed by atoms with Crippen LogP contribution in [0.2, 0.25) is 0 Å². The van der Waals surface area contributed by atoms with Crippen LogP contribution in [0.3, 0.4) is 0 Å². The molecule has 2 aliphatic heterocycles. The number of carbonyl (C=O) groups is 2. The van der Waals surface area contributed by atoms with Crippen LogP contribution in [0.15, 0.2) is 29.2 Å². The molecule has 1 saturated heterocycles. The molecule has 3 heterocycles. The van der Waals surface area contributed by atoms with E-state index >= 15 is 0 Å². The van der Waals surface area contributed by atoms with Crippen LogP contribution < -0.4 is 10.7 Å². The number of halogens is 2. The van der Waals surface area contributed by atoms with Gasteiger partial charge >= 0.3 is 0 Å². The molecular formula is C26H28F2N4O4. The minimum atomic E-state index is -0.943. The predicted octanol–water partition coefficient (Wildman–Crippen LogP) is 2.58. The Kier molecular flexibility index (Phi) is 5.59. The molecule has 2 N–H and O–H groups in total. The lowest BCUT2D eigenvalue weighted by Crippen LogP contribution is -2.68. The van der Waals surface area contributed by atoms with E-state index in [0.29, 0.717) is 24.6 Å². The van der Waals surface area contributed by atoms with Gasteiger partial charge in [-0.3, -0.25) is 19.3 Å². The summed E-state index contributed by atoms with van der Waals surface area (Å²) in [5.41, 5.74) is -1.30. The van der Waals surface area contributed by atoms with Crippen LogP contribution in [-0.2, 0) is 13.1 Å². The molecule has 0 bridgehead atoms. The highest BCUT2D eigenvalue weighted by Gasteiger charge is 2.51. The van der Waals surface area contributed by atoms with Gasteiger partial charge in [0.2, 0.25) is 5.43 Å². The highest BCUT2D eigenvalue weighted by molar-refractivity contribution is 5.99. The Bertz CT molecular complexity index is 1310. The maximum Gasteiger partial charge on any atom is 0.276 e. The second-order valence-corrected chi connectivity index (χ2v) is 10.4. The Hall–Kier alpha value is -3.27. The number of hydrogen-bond acceptors (Lipinski definition) is 5. The fraction of sp³-hybridized carbons (Fsp3) is 0.500. The van der Waals surface area contributed by atoms with Gasteiger partial charge in [0, 0.05) is 43.0 Å². The van der Waals surface area contributed by atoms with Crippen LogP contribution in [0.4, 0.5) is 8.78 Å². The monoisotopic (exact) mass is 498 g/mol. The minimum absolute atomic E-state index is 0.0576. The van der Waals surface area contributed by atoms with E-state index in [1.807, 2.05) is 4.90 Å². The van der Waals surface area contributed by atoms with Crippen molar-refractivity contribution in [1.82, 2.24) is 19.7 Å². The van der Waals surface area contributed by atoms with E-state index in [2.05, 4.69) is 10.2 Å². The zero-order valence-electron chi connectivity index (χ0n) is 19.8. The molecule has 1 aromatic carbocycles. The minimum Gasteiger partial charge on any atom is -0.503 e. The highest BCUT2D eigenvalue weighted by atomic mass is 19.1. The van der Waals surface area contributed by atoms with Crippen LogP contribution in [0, 0.1) is 17.6 Å². The van der Waals surface area contributed by atoms with E-state index in [1.54, 1.807) is 0 Å². The summed E-state index contributed by atoms with van der Waals surface area (Å²) < 4.78 is 28.6. The first kappa shape index (κ1) is 23.1. The fourth-order valence-electron chi connectivity index (χ4n) is 6.23. The molecule has 10 heteroatoms. The van der Waals surface area contributed by atoms with Crippen LogP contribution in [0.1, 0.15) is 64.9 Å². The molecular weight excluding hydrogens is 470 g/mol. The Morgan fingerprint density at radius 1 is 1.08 bits per heavy atom. The number of fused-ring (bicyclic) bond motifs is 4. The molecule has 2 saturated carbocycles. The average molecular weight is 499 g/mol. The van der Waals surface area contributed by atoms with Gasteiger partial charge in [-0.1, -0.05) is 18.9 Å². The lowest BCUT2D eigenvalue weighted by atomic mass is 9.80. The molecule has 190 valence electrons. The Morgan fingerprint density at radius 2 is 1.86 bits per heavy atom. The Balaban J connectivity index is 1.32. The van der Waals surface area contributed by atoms with Gasteiger partial charge < -0.3 is 19.9 Å². The van der Waals surface area contributed by atoms with Crippen molar-refractivity contribution in [1.29, 1.82) is 0 Å². The van der Waals surface area contributed by atoms with Crippen LogP contribution >= 0.6 is 0 Å². The molecule has 8 nitrogen and oxygen atoms in total. The van der Waals surface area contributed by atoms with Gasteiger partial charge in [0.05, 0.1) is 6.54 Å². The lowest BCUT2D eigenvalue weighted by Gasteiger charge is -2.55. The molecule has 2 aliphatic carbocycles. The van der Waals surface area contributed by atoms with E-state index in [0.717, 1.165) is 51.1 Å². The first-order chi connectivity index (χ1) is 17.3. The van der Waals surface area contributed by atoms with Crippen molar-refractivity contribution in [3.05, 3.63) is 63.1 Å². The SMILES string of the molecule is O=C(NCc1ccc(F)cc1F)c1cn2c(c(O)c1=O)C(=O)N1[C@H]3CCCCC3CN(C3CC3)[C@@H]1C2. The first-order valence-electron chi connectivity index (χ1n) is 12.6. The standard InChI is InChI=1S/C26H28F2N4O4/c27-16-6-5-14(19(28)9-16)10-29-25(35)18-12-30-13-21-31(17-7-8-17)11-15-3-1-2-4-20(15)32(21)26(36)22(30)24(34)23(18)33/h5-6,9,12,15,17,20-21,34H,1-4,7-8,10-11,13H2,(H,29,35)/t15?,20-,21-/m0/s1. The van der Waals surface area contributed by atoms with Crippen LogP contribution in [0.5, 0.6) is 5.75 Å².